The Morgan fingerprint density at radius 1 is 1.14 bits per heavy atom. The van der Waals surface area contributed by atoms with E-state index in [1.807, 2.05) is 0 Å². The molecule has 8 heteroatoms. The Morgan fingerprint density at radius 3 is 2.27 bits per heavy atom. The maximum atomic E-state index is 12.2. The molecule has 2 atom stereocenters. The van der Waals surface area contributed by atoms with E-state index in [9.17, 15) is 9.59 Å². The topological polar surface area (TPSA) is 64.7 Å². The molecule has 0 aromatic rings. The summed E-state index contributed by atoms with van der Waals surface area (Å²) in [6.45, 7) is 7.39. The van der Waals surface area contributed by atoms with Gasteiger partial charge in [-0.3, -0.25) is 20.2 Å². The molecule has 2 saturated heterocycles. The number of rotatable bonds is 2. The van der Waals surface area contributed by atoms with Crippen molar-refractivity contribution >= 4 is 11.8 Å². The Kier molecular flexibility index (Phi) is 13.2. The van der Waals surface area contributed by atoms with E-state index >= 15 is 0 Å². The van der Waals surface area contributed by atoms with Crippen LogP contribution in [0.4, 0.5) is 0 Å². The van der Waals surface area contributed by atoms with E-state index in [2.05, 4.69) is 24.5 Å². The second kappa shape index (κ2) is 11.3. The summed E-state index contributed by atoms with van der Waals surface area (Å²) < 4.78 is 0. The minimum Gasteiger partial charge on any atom is -1.00 e. The number of nitrogens with one attached hydrogen (secondary N) is 2. The lowest BCUT2D eigenvalue weighted by molar-refractivity contribution is -0.152. The zero-order chi connectivity index (χ0) is 13.1. The van der Waals surface area contributed by atoms with E-state index in [4.69, 9.17) is 0 Å². The lowest BCUT2D eigenvalue weighted by Gasteiger charge is -2.28. The molecule has 2 N–H and O–H groups in total. The highest BCUT2D eigenvalue weighted by Crippen LogP contribution is 2.18. The van der Waals surface area contributed by atoms with Crippen LogP contribution in [0.15, 0.2) is 0 Å². The third-order valence-electron chi connectivity index (χ3n) is 3.93. The summed E-state index contributed by atoms with van der Waals surface area (Å²) in [5, 5.41) is 6.25. The van der Waals surface area contributed by atoms with Crippen molar-refractivity contribution < 1.29 is 19.0 Å². The van der Waals surface area contributed by atoms with Crippen LogP contribution in [0.1, 0.15) is 35.1 Å². The first-order chi connectivity index (χ1) is 8.65. The lowest BCUT2D eigenvalue weighted by Crippen LogP contribution is -3.00. The van der Waals surface area contributed by atoms with Crippen molar-refractivity contribution in [2.24, 2.45) is 5.92 Å². The van der Waals surface area contributed by atoms with Crippen LogP contribution in [-0.4, -0.2) is 60.6 Å². The predicted octanol–water partition coefficient (Wildman–Crippen LogP) is -5.54. The maximum Gasteiger partial charge on any atom is 0.313 e. The number of carbonyl (C=O) groups is 2. The van der Waals surface area contributed by atoms with Gasteiger partial charge in [-0.1, -0.05) is 35.1 Å². The average Bonchev–Trinajstić information content (AvgIpc) is 3.06. The van der Waals surface area contributed by atoms with Gasteiger partial charge in [0.15, 0.2) is 0 Å². The van der Waals surface area contributed by atoms with E-state index in [1.165, 1.54) is 0 Å². The van der Waals surface area contributed by atoms with E-state index in [-0.39, 0.29) is 42.1 Å². The normalized spacial score (nSPS) is 20.9. The van der Waals surface area contributed by atoms with Crippen molar-refractivity contribution in [1.29, 1.82) is 0 Å². The predicted molar refractivity (Wildman–Crippen MR) is 81.0 cm³/mol. The van der Waals surface area contributed by atoms with Gasteiger partial charge in [0.2, 0.25) is 0 Å². The Bertz CT molecular complexity index is 339. The molecule has 134 valence electrons. The molecule has 6 nitrogen and oxygen atoms in total. The van der Waals surface area contributed by atoms with Crippen molar-refractivity contribution in [1.82, 2.24) is 20.4 Å². The van der Waals surface area contributed by atoms with Gasteiger partial charge in [-0.15, -0.1) is 0 Å². The van der Waals surface area contributed by atoms with Crippen LogP contribution in [0.2, 0.25) is 0 Å². The Balaban J connectivity index is -0.000000902. The number of hydrogen-bond donors (Lipinski definition) is 2. The van der Waals surface area contributed by atoms with Crippen molar-refractivity contribution in [3.8, 4) is 0 Å². The summed E-state index contributed by atoms with van der Waals surface area (Å²) in [5.41, 5.74) is 0. The molecule has 2 heterocycles. The van der Waals surface area contributed by atoms with E-state index < -0.39 is 0 Å². The second-order valence-corrected chi connectivity index (χ2v) is 5.07. The number of halogens is 2. The van der Waals surface area contributed by atoms with Gasteiger partial charge in [0.1, 0.15) is 0 Å². The molecule has 0 aromatic heterocycles. The van der Waals surface area contributed by atoms with Crippen LogP contribution >= 0.6 is 0 Å². The molecule has 0 radical (unpaired) electrons. The van der Waals surface area contributed by atoms with Crippen LogP contribution in [0, 0.1) is 5.92 Å². The van der Waals surface area contributed by atoms with Crippen LogP contribution in [-0.2, 0) is 9.59 Å². The number of carbonyl (C=O) groups excluding carboxylic acids is 2. The molecule has 22 heavy (non-hydrogen) atoms. The molecular formula is C14H30F2N4O2-2. The molecule has 0 spiro atoms. The van der Waals surface area contributed by atoms with Gasteiger partial charge < -0.3 is 19.2 Å². The molecule has 2 aliphatic rings. The van der Waals surface area contributed by atoms with Crippen LogP contribution < -0.4 is 20.0 Å². The molecule has 0 aromatic carbocycles. The first-order valence-corrected chi connectivity index (χ1v) is 6.66. The highest BCUT2D eigenvalue weighted by Gasteiger charge is 2.37. The largest absolute Gasteiger partial charge is 1.00 e. The SMILES string of the molecule is C.C.CCC(C)C1CNCN1C(=O)C(=O)N1CCNC1.[F-].[F-]. The first kappa shape index (κ1) is 25.7. The fourth-order valence-electron chi connectivity index (χ4n) is 2.50. The fourth-order valence-corrected chi connectivity index (χ4v) is 2.50. The molecular weight excluding hydrogens is 294 g/mol. The number of amides is 2. The van der Waals surface area contributed by atoms with E-state index in [0.29, 0.717) is 25.8 Å². The maximum absolute atomic E-state index is 12.2. The number of nitrogens with zero attached hydrogens (tertiary/aromatic N) is 2. The van der Waals surface area contributed by atoms with Crippen LogP contribution in [0.5, 0.6) is 0 Å². The quantitative estimate of drug-likeness (QED) is 0.498. The summed E-state index contributed by atoms with van der Waals surface area (Å²) >= 11 is 0. The molecule has 2 aliphatic heterocycles. The first-order valence-electron chi connectivity index (χ1n) is 6.66. The van der Waals surface area contributed by atoms with Crippen molar-refractivity contribution in [3.63, 3.8) is 0 Å². The number of hydrogen-bond acceptors (Lipinski definition) is 4. The Morgan fingerprint density at radius 2 is 1.77 bits per heavy atom. The van der Waals surface area contributed by atoms with E-state index in [1.54, 1.807) is 9.80 Å². The minimum absolute atomic E-state index is 0. The Labute approximate surface area is 132 Å². The summed E-state index contributed by atoms with van der Waals surface area (Å²) in [6, 6.07) is 0.141. The summed E-state index contributed by atoms with van der Waals surface area (Å²) in [5.74, 6) is -0.334. The molecule has 0 saturated carbocycles. The monoisotopic (exact) mass is 324 g/mol. The molecule has 2 amide bonds. The van der Waals surface area contributed by atoms with Crippen molar-refractivity contribution in [3.05, 3.63) is 0 Å². The van der Waals surface area contributed by atoms with Gasteiger partial charge in [-0.05, 0) is 5.92 Å². The minimum atomic E-state index is -0.378. The van der Waals surface area contributed by atoms with Crippen LogP contribution in [0.25, 0.3) is 0 Å². The smallest absolute Gasteiger partial charge is 0.313 e. The third kappa shape index (κ3) is 5.17. The van der Waals surface area contributed by atoms with Crippen molar-refractivity contribution in [2.75, 3.05) is 33.0 Å². The average molecular weight is 324 g/mol. The summed E-state index contributed by atoms with van der Waals surface area (Å²) in [4.78, 5) is 27.6. The summed E-state index contributed by atoms with van der Waals surface area (Å²) in [6.07, 6.45) is 1.01. The molecule has 2 rings (SSSR count). The third-order valence-corrected chi connectivity index (χ3v) is 3.93. The standard InChI is InChI=1S/C12H22N4O2.2CH4.2FH/c1-3-9(2)10-6-14-8-16(10)12(18)11(17)15-5-4-13-7-15;;;;/h9-10,13-14H,3-8H2,1-2H3;2*1H4;2*1H/p-2. The van der Waals surface area contributed by atoms with E-state index in [0.717, 1.165) is 19.5 Å². The molecule has 0 aliphatic carbocycles. The van der Waals surface area contributed by atoms with Gasteiger partial charge >= 0.3 is 11.8 Å². The fraction of sp³-hybridized carbons (Fsp3) is 0.857. The van der Waals surface area contributed by atoms with Crippen LogP contribution in [0.3, 0.4) is 0 Å². The zero-order valence-corrected chi connectivity index (χ0v) is 11.9. The van der Waals surface area contributed by atoms with Gasteiger partial charge in [0.25, 0.3) is 0 Å². The van der Waals surface area contributed by atoms with Gasteiger partial charge in [-0.25, -0.2) is 0 Å². The molecule has 2 fully saturated rings. The van der Waals surface area contributed by atoms with Gasteiger partial charge in [-0.2, -0.15) is 0 Å². The molecule has 2 unspecified atom stereocenters. The highest BCUT2D eigenvalue weighted by molar-refractivity contribution is 6.35. The highest BCUT2D eigenvalue weighted by atomic mass is 19.0. The molecule has 0 bridgehead atoms. The van der Waals surface area contributed by atoms with Gasteiger partial charge in [0, 0.05) is 25.7 Å². The lowest BCUT2D eigenvalue weighted by atomic mass is 9.99. The van der Waals surface area contributed by atoms with Gasteiger partial charge in [0.05, 0.1) is 13.3 Å². The van der Waals surface area contributed by atoms with Crippen molar-refractivity contribution in [2.45, 2.75) is 41.2 Å². The second-order valence-electron chi connectivity index (χ2n) is 5.07. The zero-order valence-electron chi connectivity index (χ0n) is 11.9. The summed E-state index contributed by atoms with van der Waals surface area (Å²) in [7, 11) is 0. The Hall–Kier alpha value is -1.28.